The van der Waals surface area contributed by atoms with Crippen LogP contribution in [0.1, 0.15) is 5.69 Å². The molecule has 84 valence electrons. The number of nitrogens with zero attached hydrogens (tertiary/aromatic N) is 3. The van der Waals surface area contributed by atoms with Gasteiger partial charge in [-0.1, -0.05) is 0 Å². The van der Waals surface area contributed by atoms with Crippen LogP contribution in [0.3, 0.4) is 0 Å². The number of hydrogen-bond acceptors (Lipinski definition) is 4. The van der Waals surface area contributed by atoms with Crippen molar-refractivity contribution in [3.05, 3.63) is 24.0 Å². The van der Waals surface area contributed by atoms with Gasteiger partial charge in [-0.15, -0.1) is 0 Å². The highest BCUT2D eigenvalue weighted by Gasteiger charge is 2.10. The predicted molar refractivity (Wildman–Crippen MR) is 65.3 cm³/mol. The summed E-state index contributed by atoms with van der Waals surface area (Å²) in [5.41, 5.74) is 8.66. The molecular formula is C11H15N5. The van der Waals surface area contributed by atoms with Crippen molar-refractivity contribution in [2.45, 2.75) is 6.92 Å². The van der Waals surface area contributed by atoms with E-state index < -0.39 is 0 Å². The fraction of sp³-hybridized carbons (Fsp3) is 0.273. The van der Waals surface area contributed by atoms with Crippen molar-refractivity contribution in [2.24, 2.45) is 0 Å². The third kappa shape index (κ3) is 1.71. The Morgan fingerprint density at radius 2 is 2.06 bits per heavy atom. The number of aryl methyl sites for hydroxylation is 1. The van der Waals surface area contributed by atoms with Crippen molar-refractivity contribution in [1.82, 2.24) is 15.2 Å². The fourth-order valence-corrected chi connectivity index (χ4v) is 1.61. The van der Waals surface area contributed by atoms with Gasteiger partial charge in [-0.25, -0.2) is 4.98 Å². The number of anilines is 2. The Kier molecular flexibility index (Phi) is 2.52. The second-order valence-electron chi connectivity index (χ2n) is 3.91. The molecule has 2 aromatic heterocycles. The van der Waals surface area contributed by atoms with Crippen LogP contribution in [0.2, 0.25) is 0 Å². The molecule has 0 bridgehead atoms. The van der Waals surface area contributed by atoms with Crippen molar-refractivity contribution in [3.63, 3.8) is 0 Å². The van der Waals surface area contributed by atoms with Gasteiger partial charge in [0.05, 0.1) is 0 Å². The first-order valence-corrected chi connectivity index (χ1v) is 5.04. The molecule has 0 atom stereocenters. The van der Waals surface area contributed by atoms with Gasteiger partial charge in [0.1, 0.15) is 5.82 Å². The molecule has 0 aliphatic rings. The van der Waals surface area contributed by atoms with Crippen LogP contribution in [-0.2, 0) is 0 Å². The molecule has 0 saturated carbocycles. The van der Waals surface area contributed by atoms with Crippen molar-refractivity contribution >= 4 is 11.6 Å². The van der Waals surface area contributed by atoms with Crippen LogP contribution in [0, 0.1) is 6.92 Å². The van der Waals surface area contributed by atoms with Gasteiger partial charge in [-0.2, -0.15) is 5.10 Å². The first kappa shape index (κ1) is 10.5. The molecule has 0 aliphatic heterocycles. The van der Waals surface area contributed by atoms with Gasteiger partial charge in [0, 0.05) is 37.1 Å². The Bertz CT molecular complexity index is 464. The van der Waals surface area contributed by atoms with E-state index in [1.54, 1.807) is 0 Å². The number of nitrogens with two attached hydrogens (primary N) is 1. The van der Waals surface area contributed by atoms with Gasteiger partial charge in [-0.05, 0) is 19.1 Å². The minimum absolute atomic E-state index is 0.511. The van der Waals surface area contributed by atoms with Gasteiger partial charge >= 0.3 is 0 Å². The molecule has 0 unspecified atom stereocenters. The smallest absolute Gasteiger partial charge is 0.153 e. The maximum atomic E-state index is 5.79. The molecule has 2 rings (SSSR count). The van der Waals surface area contributed by atoms with Crippen LogP contribution in [0.25, 0.3) is 11.1 Å². The van der Waals surface area contributed by atoms with Gasteiger partial charge in [0.25, 0.3) is 0 Å². The number of aromatic nitrogens is 3. The lowest BCUT2D eigenvalue weighted by Crippen LogP contribution is -2.10. The number of H-pyrrole nitrogens is 1. The Balaban J connectivity index is 2.42. The average molecular weight is 217 g/mol. The number of nitrogen functional groups attached to an aromatic ring is 1. The largest absolute Gasteiger partial charge is 0.382 e. The Morgan fingerprint density at radius 1 is 1.31 bits per heavy atom. The third-order valence-corrected chi connectivity index (χ3v) is 2.47. The van der Waals surface area contributed by atoms with E-state index in [2.05, 4.69) is 15.2 Å². The number of pyridine rings is 1. The van der Waals surface area contributed by atoms with E-state index in [1.165, 1.54) is 0 Å². The monoisotopic (exact) mass is 217 g/mol. The molecule has 16 heavy (non-hydrogen) atoms. The second kappa shape index (κ2) is 3.84. The number of nitrogens with one attached hydrogen (secondary N) is 1. The summed E-state index contributed by atoms with van der Waals surface area (Å²) in [6, 6.07) is 3.96. The molecule has 0 radical (unpaired) electrons. The minimum Gasteiger partial charge on any atom is -0.382 e. The SMILES string of the molecule is Cc1[nH]nc(N)c1-c1ccc(N(C)C)nc1. The molecule has 5 heteroatoms. The van der Waals surface area contributed by atoms with Crippen LogP contribution in [0.5, 0.6) is 0 Å². The van der Waals surface area contributed by atoms with E-state index >= 15 is 0 Å². The minimum atomic E-state index is 0.511. The molecule has 0 saturated heterocycles. The van der Waals surface area contributed by atoms with Gasteiger partial charge in [0.2, 0.25) is 0 Å². The van der Waals surface area contributed by atoms with E-state index in [0.29, 0.717) is 5.82 Å². The average Bonchev–Trinajstić information content (AvgIpc) is 2.59. The molecule has 0 amide bonds. The molecule has 2 heterocycles. The molecule has 5 nitrogen and oxygen atoms in total. The van der Waals surface area contributed by atoms with Crippen molar-refractivity contribution in [1.29, 1.82) is 0 Å². The molecule has 0 aromatic carbocycles. The van der Waals surface area contributed by atoms with Crippen LogP contribution in [0.4, 0.5) is 11.6 Å². The lowest BCUT2D eigenvalue weighted by molar-refractivity contribution is 1.05. The summed E-state index contributed by atoms with van der Waals surface area (Å²) in [5.74, 6) is 1.43. The van der Waals surface area contributed by atoms with E-state index in [4.69, 9.17) is 5.73 Å². The molecule has 3 N–H and O–H groups in total. The van der Waals surface area contributed by atoms with E-state index in [1.807, 2.05) is 44.2 Å². The summed E-state index contributed by atoms with van der Waals surface area (Å²) in [4.78, 5) is 6.30. The lowest BCUT2D eigenvalue weighted by atomic mass is 10.1. The maximum absolute atomic E-state index is 5.79. The number of hydrogen-bond donors (Lipinski definition) is 2. The summed E-state index contributed by atoms with van der Waals surface area (Å²) in [6.45, 7) is 1.94. The highest BCUT2D eigenvalue weighted by atomic mass is 15.2. The van der Waals surface area contributed by atoms with E-state index in [-0.39, 0.29) is 0 Å². The number of aromatic amines is 1. The fourth-order valence-electron chi connectivity index (χ4n) is 1.61. The zero-order valence-corrected chi connectivity index (χ0v) is 9.65. The molecular weight excluding hydrogens is 202 g/mol. The zero-order valence-electron chi connectivity index (χ0n) is 9.65. The standard InChI is InChI=1S/C11H15N5/c1-7-10(11(12)15-14-7)8-4-5-9(13-6-8)16(2)3/h4-6H,1-3H3,(H3,12,14,15). The van der Waals surface area contributed by atoms with E-state index in [0.717, 1.165) is 22.6 Å². The van der Waals surface area contributed by atoms with Gasteiger partial charge in [-0.3, -0.25) is 5.10 Å². The summed E-state index contributed by atoms with van der Waals surface area (Å²) in [6.07, 6.45) is 1.81. The third-order valence-electron chi connectivity index (χ3n) is 2.47. The highest BCUT2D eigenvalue weighted by molar-refractivity contribution is 5.75. The normalized spacial score (nSPS) is 10.4. The van der Waals surface area contributed by atoms with Crippen molar-refractivity contribution < 1.29 is 0 Å². The van der Waals surface area contributed by atoms with Crippen LogP contribution in [-0.4, -0.2) is 29.3 Å². The molecule has 0 fully saturated rings. The summed E-state index contributed by atoms with van der Waals surface area (Å²) >= 11 is 0. The Morgan fingerprint density at radius 3 is 2.50 bits per heavy atom. The lowest BCUT2D eigenvalue weighted by Gasteiger charge is -2.11. The number of rotatable bonds is 2. The molecule has 2 aromatic rings. The highest BCUT2D eigenvalue weighted by Crippen LogP contribution is 2.27. The first-order valence-electron chi connectivity index (χ1n) is 5.04. The van der Waals surface area contributed by atoms with Crippen LogP contribution >= 0.6 is 0 Å². The van der Waals surface area contributed by atoms with E-state index in [9.17, 15) is 0 Å². The summed E-state index contributed by atoms with van der Waals surface area (Å²) < 4.78 is 0. The predicted octanol–water partition coefficient (Wildman–Crippen LogP) is 1.43. The van der Waals surface area contributed by atoms with Gasteiger partial charge in [0.15, 0.2) is 5.82 Å². The Labute approximate surface area is 94.3 Å². The van der Waals surface area contributed by atoms with Gasteiger partial charge < -0.3 is 10.6 Å². The first-order chi connectivity index (χ1) is 7.59. The van der Waals surface area contributed by atoms with Crippen LogP contribution < -0.4 is 10.6 Å². The molecule has 0 aliphatic carbocycles. The topological polar surface area (TPSA) is 70.8 Å². The zero-order chi connectivity index (χ0) is 11.7. The van der Waals surface area contributed by atoms with Crippen LogP contribution in [0.15, 0.2) is 18.3 Å². The van der Waals surface area contributed by atoms with Crippen molar-refractivity contribution in [3.8, 4) is 11.1 Å². The Hall–Kier alpha value is -2.04. The summed E-state index contributed by atoms with van der Waals surface area (Å²) in [5, 5.41) is 6.82. The maximum Gasteiger partial charge on any atom is 0.153 e. The summed E-state index contributed by atoms with van der Waals surface area (Å²) in [7, 11) is 3.92. The quantitative estimate of drug-likeness (QED) is 0.798. The second-order valence-corrected chi connectivity index (χ2v) is 3.91. The van der Waals surface area contributed by atoms with Crippen molar-refractivity contribution in [2.75, 3.05) is 24.7 Å². The molecule has 0 spiro atoms.